The maximum Gasteiger partial charge on any atom is 0.0659 e. The number of aryl methyl sites for hydroxylation is 1. The highest BCUT2D eigenvalue weighted by Crippen LogP contribution is 2.11. The van der Waals surface area contributed by atoms with Crippen LogP contribution in [0.15, 0.2) is 36.7 Å². The van der Waals surface area contributed by atoms with Gasteiger partial charge in [0.1, 0.15) is 0 Å². The van der Waals surface area contributed by atoms with Crippen molar-refractivity contribution >= 4 is 11.6 Å². The Labute approximate surface area is 108 Å². The van der Waals surface area contributed by atoms with Gasteiger partial charge in [-0.2, -0.15) is 5.10 Å². The van der Waals surface area contributed by atoms with Crippen LogP contribution >= 0.6 is 11.6 Å². The molecule has 2 nitrogen and oxygen atoms in total. The van der Waals surface area contributed by atoms with Crippen LogP contribution in [-0.2, 0) is 13.0 Å². The molecule has 2 rings (SSSR count). The van der Waals surface area contributed by atoms with Crippen LogP contribution < -0.4 is 0 Å². The molecule has 0 radical (unpaired) electrons. The summed E-state index contributed by atoms with van der Waals surface area (Å²) in [7, 11) is 0. The van der Waals surface area contributed by atoms with Crippen molar-refractivity contribution in [1.82, 2.24) is 9.78 Å². The zero-order chi connectivity index (χ0) is 12.7. The Morgan fingerprint density at radius 3 is 2.59 bits per heavy atom. The number of rotatable bonds is 3. The van der Waals surface area contributed by atoms with Crippen LogP contribution in [0.1, 0.15) is 31.9 Å². The van der Waals surface area contributed by atoms with Gasteiger partial charge in [0.25, 0.3) is 0 Å². The number of aromatic nitrogens is 2. The molecule has 0 saturated heterocycles. The first-order chi connectivity index (χ1) is 8.28. The van der Waals surface area contributed by atoms with Gasteiger partial charge in [-0.1, -0.05) is 44.5 Å². The van der Waals surface area contributed by atoms with Crippen LogP contribution in [0, 0.1) is 0 Å². The van der Waals surface area contributed by atoms with Gasteiger partial charge >= 0.3 is 0 Å². The van der Waals surface area contributed by atoms with E-state index in [1.54, 1.807) is 0 Å². The van der Waals surface area contributed by atoms with Gasteiger partial charge in [0, 0.05) is 11.2 Å². The summed E-state index contributed by atoms with van der Waals surface area (Å²) >= 11 is 5.91. The summed E-state index contributed by atoms with van der Waals surface area (Å²) in [4.78, 5) is 0. The Balaban J connectivity index is 0.000000686. The third-order valence-corrected chi connectivity index (χ3v) is 2.56. The predicted molar refractivity (Wildman–Crippen MR) is 73.5 cm³/mol. The number of nitrogens with zero attached hydrogens (tertiary/aromatic N) is 2. The molecule has 1 heterocycles. The molecule has 0 N–H and O–H groups in total. The minimum atomic E-state index is 0.773. The van der Waals surface area contributed by atoms with Gasteiger partial charge < -0.3 is 0 Å². The van der Waals surface area contributed by atoms with E-state index in [1.165, 1.54) is 11.1 Å². The molecule has 0 fully saturated rings. The molecule has 0 spiro atoms. The predicted octanol–water partition coefficient (Wildman–Crippen LogP) is 4.17. The molecule has 92 valence electrons. The second-order valence-corrected chi connectivity index (χ2v) is 3.97. The highest BCUT2D eigenvalue weighted by Gasteiger charge is 1.98. The Morgan fingerprint density at radius 1 is 1.24 bits per heavy atom. The van der Waals surface area contributed by atoms with Gasteiger partial charge in [-0.3, -0.25) is 4.68 Å². The molecule has 0 unspecified atom stereocenters. The van der Waals surface area contributed by atoms with E-state index in [0.29, 0.717) is 0 Å². The standard InChI is InChI=1S/C12H13ClN2.C2H6/c1-2-10-7-14-15(8-10)9-11-4-3-5-12(13)6-11;1-2/h3-8H,2,9H2,1H3;1-2H3. The molecule has 17 heavy (non-hydrogen) atoms. The summed E-state index contributed by atoms with van der Waals surface area (Å²) < 4.78 is 1.94. The molecule has 1 aromatic heterocycles. The Kier molecular flexibility index (Phi) is 5.78. The van der Waals surface area contributed by atoms with Crippen molar-refractivity contribution in [2.75, 3.05) is 0 Å². The zero-order valence-corrected chi connectivity index (χ0v) is 11.4. The average molecular weight is 251 g/mol. The van der Waals surface area contributed by atoms with Gasteiger partial charge in [-0.25, -0.2) is 0 Å². The average Bonchev–Trinajstić information content (AvgIpc) is 2.79. The van der Waals surface area contributed by atoms with Crippen LogP contribution in [0.25, 0.3) is 0 Å². The van der Waals surface area contributed by atoms with Crippen LogP contribution in [0.4, 0.5) is 0 Å². The molecule has 2 aromatic rings. The van der Waals surface area contributed by atoms with Crippen molar-refractivity contribution in [3.63, 3.8) is 0 Å². The molecule has 0 bridgehead atoms. The maximum atomic E-state index is 5.91. The minimum absolute atomic E-state index is 0.773. The Morgan fingerprint density at radius 2 is 2.00 bits per heavy atom. The first-order valence-corrected chi connectivity index (χ1v) is 6.41. The molecule has 0 aliphatic carbocycles. The van der Waals surface area contributed by atoms with E-state index < -0.39 is 0 Å². The summed E-state index contributed by atoms with van der Waals surface area (Å²) in [5.41, 5.74) is 2.44. The van der Waals surface area contributed by atoms with Crippen LogP contribution in [-0.4, -0.2) is 9.78 Å². The number of halogens is 1. The van der Waals surface area contributed by atoms with Gasteiger partial charge in [0.2, 0.25) is 0 Å². The largest absolute Gasteiger partial charge is 0.268 e. The second kappa shape index (κ2) is 7.13. The fraction of sp³-hybridized carbons (Fsp3) is 0.357. The summed E-state index contributed by atoms with van der Waals surface area (Å²) in [5, 5.41) is 5.06. The number of hydrogen-bond acceptors (Lipinski definition) is 1. The van der Waals surface area contributed by atoms with Gasteiger partial charge in [-0.05, 0) is 29.7 Å². The lowest BCUT2D eigenvalue weighted by Gasteiger charge is -2.01. The topological polar surface area (TPSA) is 17.8 Å². The maximum absolute atomic E-state index is 5.91. The van der Waals surface area contributed by atoms with Crippen molar-refractivity contribution in [3.05, 3.63) is 52.8 Å². The quantitative estimate of drug-likeness (QED) is 0.799. The molecular formula is C14H19ClN2. The molecule has 0 atom stereocenters. The van der Waals surface area contributed by atoms with Crippen molar-refractivity contribution in [2.24, 2.45) is 0 Å². The molecule has 3 heteroatoms. The third-order valence-electron chi connectivity index (χ3n) is 2.33. The van der Waals surface area contributed by atoms with E-state index in [4.69, 9.17) is 11.6 Å². The molecule has 0 aliphatic rings. The third kappa shape index (κ3) is 4.23. The van der Waals surface area contributed by atoms with E-state index >= 15 is 0 Å². The smallest absolute Gasteiger partial charge is 0.0659 e. The SMILES string of the molecule is CC.CCc1cnn(Cc2cccc(Cl)c2)c1. The first-order valence-electron chi connectivity index (χ1n) is 6.03. The van der Waals surface area contributed by atoms with Crippen molar-refractivity contribution < 1.29 is 0 Å². The summed E-state index contributed by atoms with van der Waals surface area (Å²) in [6.45, 7) is 6.90. The summed E-state index contributed by atoms with van der Waals surface area (Å²) in [5.74, 6) is 0. The number of benzene rings is 1. The van der Waals surface area contributed by atoms with Gasteiger partial charge in [0.05, 0.1) is 12.7 Å². The molecule has 1 aromatic carbocycles. The van der Waals surface area contributed by atoms with Crippen molar-refractivity contribution in [2.45, 2.75) is 33.7 Å². The summed E-state index contributed by atoms with van der Waals surface area (Å²) in [6, 6.07) is 7.86. The molecular weight excluding hydrogens is 232 g/mol. The second-order valence-electron chi connectivity index (χ2n) is 3.53. The number of hydrogen-bond donors (Lipinski definition) is 0. The molecule has 0 aliphatic heterocycles. The Bertz CT molecular complexity index is 449. The normalized spacial score (nSPS) is 9.65. The van der Waals surface area contributed by atoms with E-state index in [1.807, 2.05) is 42.9 Å². The zero-order valence-electron chi connectivity index (χ0n) is 10.7. The lowest BCUT2D eigenvalue weighted by molar-refractivity contribution is 0.686. The van der Waals surface area contributed by atoms with Gasteiger partial charge in [-0.15, -0.1) is 0 Å². The minimum Gasteiger partial charge on any atom is -0.268 e. The molecule has 0 saturated carbocycles. The van der Waals surface area contributed by atoms with Crippen LogP contribution in [0.3, 0.4) is 0 Å². The van der Waals surface area contributed by atoms with Crippen LogP contribution in [0.2, 0.25) is 5.02 Å². The lowest BCUT2D eigenvalue weighted by Crippen LogP contribution is -1.99. The van der Waals surface area contributed by atoms with E-state index in [-0.39, 0.29) is 0 Å². The van der Waals surface area contributed by atoms with Crippen LogP contribution in [0.5, 0.6) is 0 Å². The molecule has 0 amide bonds. The van der Waals surface area contributed by atoms with Crippen molar-refractivity contribution in [1.29, 1.82) is 0 Å². The monoisotopic (exact) mass is 250 g/mol. The first kappa shape index (κ1) is 13.8. The highest BCUT2D eigenvalue weighted by atomic mass is 35.5. The van der Waals surface area contributed by atoms with E-state index in [9.17, 15) is 0 Å². The highest BCUT2D eigenvalue weighted by molar-refractivity contribution is 6.30. The fourth-order valence-electron chi connectivity index (χ4n) is 1.50. The van der Waals surface area contributed by atoms with Crippen molar-refractivity contribution in [3.8, 4) is 0 Å². The Hall–Kier alpha value is -1.28. The van der Waals surface area contributed by atoms with E-state index in [2.05, 4.69) is 24.3 Å². The summed E-state index contributed by atoms with van der Waals surface area (Å²) in [6.07, 6.45) is 5.00. The van der Waals surface area contributed by atoms with Gasteiger partial charge in [0.15, 0.2) is 0 Å². The lowest BCUT2D eigenvalue weighted by atomic mass is 10.2. The fourth-order valence-corrected chi connectivity index (χ4v) is 1.71. The van der Waals surface area contributed by atoms with E-state index in [0.717, 1.165) is 18.0 Å².